The number of phenols is 1. The summed E-state index contributed by atoms with van der Waals surface area (Å²) in [7, 11) is 1.94. The molecule has 0 aliphatic heterocycles. The summed E-state index contributed by atoms with van der Waals surface area (Å²) in [4.78, 5) is 0. The summed E-state index contributed by atoms with van der Waals surface area (Å²) in [6.07, 6.45) is 2.16. The summed E-state index contributed by atoms with van der Waals surface area (Å²) in [5, 5.41) is 13.9. The molecule has 0 fully saturated rings. The number of rotatable bonds is 3. The zero-order valence-corrected chi connectivity index (χ0v) is 9.99. The molecule has 1 aromatic carbocycles. The SMILES string of the molecule is CNCc1cn(C(C)C)c2cc(O)ccc12. The van der Waals surface area contributed by atoms with E-state index in [9.17, 15) is 5.11 Å². The number of hydrogen-bond acceptors (Lipinski definition) is 2. The van der Waals surface area contributed by atoms with Gasteiger partial charge in [0.2, 0.25) is 0 Å². The molecular formula is C13H18N2O. The quantitative estimate of drug-likeness (QED) is 0.831. The van der Waals surface area contributed by atoms with Gasteiger partial charge in [0.1, 0.15) is 5.75 Å². The van der Waals surface area contributed by atoms with Crippen LogP contribution in [0, 0.1) is 0 Å². The Morgan fingerprint density at radius 2 is 2.12 bits per heavy atom. The second-order valence-corrected chi connectivity index (χ2v) is 4.39. The van der Waals surface area contributed by atoms with E-state index in [1.54, 1.807) is 6.07 Å². The van der Waals surface area contributed by atoms with Crippen LogP contribution in [0.25, 0.3) is 10.9 Å². The van der Waals surface area contributed by atoms with Gasteiger partial charge in [-0.2, -0.15) is 0 Å². The Bertz CT molecular complexity index is 500. The Balaban J connectivity index is 2.66. The van der Waals surface area contributed by atoms with E-state index in [1.165, 1.54) is 10.9 Å². The summed E-state index contributed by atoms with van der Waals surface area (Å²) < 4.78 is 2.20. The van der Waals surface area contributed by atoms with Crippen LogP contribution in [0.1, 0.15) is 25.5 Å². The first-order valence-corrected chi connectivity index (χ1v) is 5.60. The van der Waals surface area contributed by atoms with E-state index in [2.05, 4.69) is 29.9 Å². The predicted molar refractivity (Wildman–Crippen MR) is 66.8 cm³/mol. The van der Waals surface area contributed by atoms with Crippen molar-refractivity contribution in [1.82, 2.24) is 9.88 Å². The molecule has 86 valence electrons. The predicted octanol–water partition coefficient (Wildman–Crippen LogP) is 2.65. The Morgan fingerprint density at radius 3 is 2.75 bits per heavy atom. The number of nitrogens with zero attached hydrogens (tertiary/aromatic N) is 1. The third-order valence-corrected chi connectivity index (χ3v) is 2.82. The van der Waals surface area contributed by atoms with Crippen LogP contribution in [-0.4, -0.2) is 16.7 Å². The number of aromatic hydroxyl groups is 1. The number of benzene rings is 1. The molecule has 2 N–H and O–H groups in total. The number of hydrogen-bond donors (Lipinski definition) is 2. The van der Waals surface area contributed by atoms with Crippen molar-refractivity contribution in [3.8, 4) is 5.75 Å². The van der Waals surface area contributed by atoms with Gasteiger partial charge in [0.05, 0.1) is 5.52 Å². The van der Waals surface area contributed by atoms with E-state index in [0.29, 0.717) is 11.8 Å². The Morgan fingerprint density at radius 1 is 1.38 bits per heavy atom. The lowest BCUT2D eigenvalue weighted by molar-refractivity contribution is 0.475. The minimum Gasteiger partial charge on any atom is -0.508 e. The van der Waals surface area contributed by atoms with Crippen molar-refractivity contribution in [3.63, 3.8) is 0 Å². The van der Waals surface area contributed by atoms with Gasteiger partial charge >= 0.3 is 0 Å². The molecule has 0 amide bonds. The number of aromatic nitrogens is 1. The fourth-order valence-corrected chi connectivity index (χ4v) is 2.07. The van der Waals surface area contributed by atoms with Crippen molar-refractivity contribution in [2.75, 3.05) is 7.05 Å². The second-order valence-electron chi connectivity index (χ2n) is 4.39. The van der Waals surface area contributed by atoms with E-state index in [1.807, 2.05) is 19.2 Å². The molecule has 0 bridgehead atoms. The number of fused-ring (bicyclic) bond motifs is 1. The molecule has 0 radical (unpaired) electrons. The molecule has 0 atom stereocenters. The lowest BCUT2D eigenvalue weighted by Crippen LogP contribution is -2.04. The average Bonchev–Trinajstić information content (AvgIpc) is 2.57. The highest BCUT2D eigenvalue weighted by molar-refractivity contribution is 5.85. The van der Waals surface area contributed by atoms with Gasteiger partial charge in [-0.1, -0.05) is 0 Å². The fraction of sp³-hybridized carbons (Fsp3) is 0.385. The van der Waals surface area contributed by atoms with E-state index in [4.69, 9.17) is 0 Å². The molecule has 2 rings (SSSR count). The Kier molecular flexibility index (Phi) is 2.88. The zero-order valence-electron chi connectivity index (χ0n) is 9.99. The third-order valence-electron chi connectivity index (χ3n) is 2.82. The summed E-state index contributed by atoms with van der Waals surface area (Å²) in [5.74, 6) is 0.323. The first-order chi connectivity index (χ1) is 7.63. The molecule has 0 spiro atoms. The number of nitrogens with one attached hydrogen (secondary N) is 1. The molecule has 3 nitrogen and oxygen atoms in total. The van der Waals surface area contributed by atoms with Gasteiger partial charge in [0.15, 0.2) is 0 Å². The molecule has 0 aliphatic rings. The Labute approximate surface area is 95.7 Å². The summed E-state index contributed by atoms with van der Waals surface area (Å²) in [6.45, 7) is 5.14. The average molecular weight is 218 g/mol. The first kappa shape index (κ1) is 11.0. The van der Waals surface area contributed by atoms with Gasteiger partial charge < -0.3 is 15.0 Å². The maximum Gasteiger partial charge on any atom is 0.117 e. The normalized spacial score (nSPS) is 11.5. The van der Waals surface area contributed by atoms with Crippen LogP contribution in [0.4, 0.5) is 0 Å². The lowest BCUT2D eigenvalue weighted by atomic mass is 10.1. The molecule has 2 aromatic rings. The largest absolute Gasteiger partial charge is 0.508 e. The van der Waals surface area contributed by atoms with E-state index >= 15 is 0 Å². The van der Waals surface area contributed by atoms with E-state index < -0.39 is 0 Å². The fourth-order valence-electron chi connectivity index (χ4n) is 2.07. The molecule has 0 unspecified atom stereocenters. The highest BCUT2D eigenvalue weighted by Gasteiger charge is 2.10. The molecule has 0 saturated carbocycles. The van der Waals surface area contributed by atoms with Gasteiger partial charge in [-0.05, 0) is 38.6 Å². The van der Waals surface area contributed by atoms with Crippen molar-refractivity contribution < 1.29 is 5.11 Å². The van der Waals surface area contributed by atoms with Crippen LogP contribution in [-0.2, 0) is 6.54 Å². The van der Waals surface area contributed by atoms with Crippen LogP contribution < -0.4 is 5.32 Å². The molecular weight excluding hydrogens is 200 g/mol. The molecule has 3 heteroatoms. The van der Waals surface area contributed by atoms with Crippen molar-refractivity contribution in [1.29, 1.82) is 0 Å². The summed E-state index contributed by atoms with van der Waals surface area (Å²) in [6, 6.07) is 5.95. The highest BCUT2D eigenvalue weighted by Crippen LogP contribution is 2.27. The van der Waals surface area contributed by atoms with Crippen LogP contribution >= 0.6 is 0 Å². The number of phenolic OH excluding ortho intramolecular Hbond substituents is 1. The van der Waals surface area contributed by atoms with E-state index in [-0.39, 0.29) is 0 Å². The maximum atomic E-state index is 9.55. The minimum atomic E-state index is 0.323. The zero-order chi connectivity index (χ0) is 11.7. The van der Waals surface area contributed by atoms with Crippen molar-refractivity contribution in [2.24, 2.45) is 0 Å². The third kappa shape index (κ3) is 1.78. The smallest absolute Gasteiger partial charge is 0.117 e. The molecule has 1 aromatic heterocycles. The van der Waals surface area contributed by atoms with E-state index in [0.717, 1.165) is 12.1 Å². The van der Waals surface area contributed by atoms with Gasteiger partial charge in [0.25, 0.3) is 0 Å². The standard InChI is InChI=1S/C13H18N2O/c1-9(2)15-8-10(7-14-3)12-5-4-11(16)6-13(12)15/h4-6,8-9,14,16H,7H2,1-3H3. The molecule has 0 aliphatic carbocycles. The van der Waals surface area contributed by atoms with Crippen LogP contribution in [0.2, 0.25) is 0 Å². The van der Waals surface area contributed by atoms with Gasteiger partial charge in [-0.25, -0.2) is 0 Å². The van der Waals surface area contributed by atoms with Crippen LogP contribution in [0.5, 0.6) is 5.75 Å². The lowest BCUT2D eigenvalue weighted by Gasteiger charge is -2.08. The monoisotopic (exact) mass is 218 g/mol. The maximum absolute atomic E-state index is 9.55. The van der Waals surface area contributed by atoms with Crippen LogP contribution in [0.15, 0.2) is 24.4 Å². The summed E-state index contributed by atoms with van der Waals surface area (Å²) in [5.41, 5.74) is 2.37. The topological polar surface area (TPSA) is 37.2 Å². The second kappa shape index (κ2) is 4.18. The molecule has 1 heterocycles. The van der Waals surface area contributed by atoms with Gasteiger partial charge in [0, 0.05) is 30.2 Å². The van der Waals surface area contributed by atoms with Crippen molar-refractivity contribution >= 4 is 10.9 Å². The Hall–Kier alpha value is -1.48. The minimum absolute atomic E-state index is 0.323. The highest BCUT2D eigenvalue weighted by atomic mass is 16.3. The van der Waals surface area contributed by atoms with Crippen LogP contribution in [0.3, 0.4) is 0 Å². The van der Waals surface area contributed by atoms with Gasteiger partial charge in [-0.3, -0.25) is 0 Å². The summed E-state index contributed by atoms with van der Waals surface area (Å²) >= 11 is 0. The first-order valence-electron chi connectivity index (χ1n) is 5.60. The molecule has 16 heavy (non-hydrogen) atoms. The van der Waals surface area contributed by atoms with Crippen molar-refractivity contribution in [3.05, 3.63) is 30.0 Å². The molecule has 0 saturated heterocycles. The van der Waals surface area contributed by atoms with Gasteiger partial charge in [-0.15, -0.1) is 0 Å². The van der Waals surface area contributed by atoms with Crippen molar-refractivity contribution in [2.45, 2.75) is 26.4 Å².